The minimum atomic E-state index is -0.182. The van der Waals surface area contributed by atoms with E-state index in [4.69, 9.17) is 0 Å². The Morgan fingerprint density at radius 3 is 2.37 bits per heavy atom. The van der Waals surface area contributed by atoms with E-state index in [9.17, 15) is 5.11 Å². The third-order valence-corrected chi connectivity index (χ3v) is 4.89. The van der Waals surface area contributed by atoms with E-state index in [1.165, 1.54) is 31.2 Å². The van der Waals surface area contributed by atoms with E-state index < -0.39 is 0 Å². The van der Waals surface area contributed by atoms with Gasteiger partial charge in [0.15, 0.2) is 0 Å². The smallest absolute Gasteiger partial charge is 0.0639 e. The van der Waals surface area contributed by atoms with Crippen molar-refractivity contribution in [3.8, 4) is 0 Å². The normalized spacial score (nSPS) is 21.2. The average molecular weight is 260 g/mol. The van der Waals surface area contributed by atoms with E-state index in [0.29, 0.717) is 5.92 Å². The highest BCUT2D eigenvalue weighted by molar-refractivity contribution is 5.28. The van der Waals surface area contributed by atoms with Crippen molar-refractivity contribution in [1.82, 2.24) is 0 Å². The maximum atomic E-state index is 10.8. The van der Waals surface area contributed by atoms with E-state index >= 15 is 0 Å². The minimum Gasteiger partial charge on any atom is -0.392 e. The molecule has 0 amide bonds. The van der Waals surface area contributed by atoms with Crippen molar-refractivity contribution in [2.24, 2.45) is 5.92 Å². The molecule has 106 valence electrons. The van der Waals surface area contributed by atoms with Gasteiger partial charge in [0, 0.05) is 5.41 Å². The first-order valence-electron chi connectivity index (χ1n) is 7.92. The van der Waals surface area contributed by atoms with Crippen LogP contribution in [0.2, 0.25) is 0 Å². The van der Waals surface area contributed by atoms with Crippen LogP contribution in [0.15, 0.2) is 30.3 Å². The van der Waals surface area contributed by atoms with Gasteiger partial charge in [0.25, 0.3) is 0 Å². The fourth-order valence-electron chi connectivity index (χ4n) is 3.81. The van der Waals surface area contributed by atoms with Gasteiger partial charge in [-0.2, -0.15) is 0 Å². The summed E-state index contributed by atoms with van der Waals surface area (Å²) < 4.78 is 0. The van der Waals surface area contributed by atoms with Crippen LogP contribution in [0.4, 0.5) is 0 Å². The predicted molar refractivity (Wildman–Crippen MR) is 81.3 cm³/mol. The summed E-state index contributed by atoms with van der Waals surface area (Å²) in [6, 6.07) is 10.7. The monoisotopic (exact) mass is 260 g/mol. The number of hydrogen-bond acceptors (Lipinski definition) is 1. The van der Waals surface area contributed by atoms with E-state index in [0.717, 1.165) is 19.3 Å². The molecule has 1 aromatic rings. The molecule has 1 saturated carbocycles. The molecule has 1 heteroatoms. The molecule has 1 N–H and O–H groups in total. The molecule has 1 aliphatic rings. The zero-order valence-electron chi connectivity index (χ0n) is 12.4. The van der Waals surface area contributed by atoms with Gasteiger partial charge in [0.2, 0.25) is 0 Å². The third kappa shape index (κ3) is 3.20. The van der Waals surface area contributed by atoms with E-state index in [-0.39, 0.29) is 11.5 Å². The SMILES string of the molecule is CCCC(C)CC(O)C1(c2ccccc2)CCCC1. The summed E-state index contributed by atoms with van der Waals surface area (Å²) in [5.74, 6) is 0.626. The van der Waals surface area contributed by atoms with E-state index in [1.807, 2.05) is 0 Å². The molecule has 1 aromatic carbocycles. The quantitative estimate of drug-likeness (QED) is 0.787. The molecule has 0 spiro atoms. The molecule has 2 rings (SSSR count). The van der Waals surface area contributed by atoms with E-state index in [1.54, 1.807) is 0 Å². The Kier molecular flexibility index (Phi) is 5.04. The molecule has 0 aromatic heterocycles. The standard InChI is InChI=1S/C18H28O/c1-3-9-15(2)14-17(19)18(12-7-8-13-18)16-10-5-4-6-11-16/h4-6,10-11,15,17,19H,3,7-9,12-14H2,1-2H3. The first kappa shape index (κ1) is 14.6. The average Bonchev–Trinajstić information content (AvgIpc) is 2.90. The van der Waals surface area contributed by atoms with Crippen LogP contribution in [-0.2, 0) is 5.41 Å². The lowest BCUT2D eigenvalue weighted by atomic mass is 9.71. The molecular formula is C18H28O. The Bertz CT molecular complexity index is 365. The molecule has 19 heavy (non-hydrogen) atoms. The third-order valence-electron chi connectivity index (χ3n) is 4.89. The summed E-state index contributed by atoms with van der Waals surface area (Å²) in [5.41, 5.74) is 1.38. The van der Waals surface area contributed by atoms with Crippen LogP contribution in [0, 0.1) is 5.92 Å². The summed E-state index contributed by atoms with van der Waals surface area (Å²) in [5, 5.41) is 10.8. The second-order valence-electron chi connectivity index (χ2n) is 6.37. The molecule has 0 aliphatic heterocycles. The fraction of sp³-hybridized carbons (Fsp3) is 0.667. The highest BCUT2D eigenvalue weighted by atomic mass is 16.3. The Labute approximate surface area is 118 Å². The van der Waals surface area contributed by atoms with Crippen LogP contribution < -0.4 is 0 Å². The lowest BCUT2D eigenvalue weighted by molar-refractivity contribution is 0.0598. The van der Waals surface area contributed by atoms with Gasteiger partial charge in [-0.1, -0.05) is 69.9 Å². The number of aliphatic hydroxyl groups excluding tert-OH is 1. The Hall–Kier alpha value is -0.820. The highest BCUT2D eigenvalue weighted by Crippen LogP contribution is 2.45. The zero-order valence-corrected chi connectivity index (χ0v) is 12.4. The zero-order chi connectivity index (χ0) is 13.7. The first-order valence-corrected chi connectivity index (χ1v) is 7.92. The predicted octanol–water partition coefficient (Wildman–Crippen LogP) is 4.69. The summed E-state index contributed by atoms with van der Waals surface area (Å²) in [6.07, 6.45) is 8.02. The molecule has 1 aliphatic carbocycles. The molecule has 2 atom stereocenters. The van der Waals surface area contributed by atoms with Gasteiger partial charge in [-0.25, -0.2) is 0 Å². The largest absolute Gasteiger partial charge is 0.392 e. The second-order valence-corrected chi connectivity index (χ2v) is 6.37. The molecule has 2 unspecified atom stereocenters. The number of aliphatic hydroxyl groups is 1. The number of rotatable bonds is 6. The van der Waals surface area contributed by atoms with Gasteiger partial charge in [0.05, 0.1) is 6.10 Å². The van der Waals surface area contributed by atoms with Crippen molar-refractivity contribution in [2.45, 2.75) is 70.3 Å². The van der Waals surface area contributed by atoms with Crippen molar-refractivity contribution in [1.29, 1.82) is 0 Å². The lowest BCUT2D eigenvalue weighted by Crippen LogP contribution is -2.38. The van der Waals surface area contributed by atoms with E-state index in [2.05, 4.69) is 44.2 Å². The molecule has 1 nitrogen and oxygen atoms in total. The van der Waals surface area contributed by atoms with Crippen molar-refractivity contribution in [3.05, 3.63) is 35.9 Å². The van der Waals surface area contributed by atoms with Crippen molar-refractivity contribution in [3.63, 3.8) is 0 Å². The Morgan fingerprint density at radius 2 is 1.79 bits per heavy atom. The maximum Gasteiger partial charge on any atom is 0.0639 e. The molecular weight excluding hydrogens is 232 g/mol. The summed E-state index contributed by atoms with van der Waals surface area (Å²) in [6.45, 7) is 4.51. The molecule has 0 saturated heterocycles. The molecule has 0 heterocycles. The minimum absolute atomic E-state index is 0.0310. The van der Waals surface area contributed by atoms with Gasteiger partial charge in [-0.15, -0.1) is 0 Å². The molecule has 0 radical (unpaired) electrons. The fourth-order valence-corrected chi connectivity index (χ4v) is 3.81. The summed E-state index contributed by atoms with van der Waals surface area (Å²) in [4.78, 5) is 0. The molecule has 0 bridgehead atoms. The molecule has 1 fully saturated rings. The van der Waals surface area contributed by atoms with Gasteiger partial charge in [0.1, 0.15) is 0 Å². The maximum absolute atomic E-state index is 10.8. The second kappa shape index (κ2) is 6.56. The van der Waals surface area contributed by atoms with Crippen LogP contribution in [-0.4, -0.2) is 11.2 Å². The van der Waals surface area contributed by atoms with Crippen molar-refractivity contribution in [2.75, 3.05) is 0 Å². The summed E-state index contributed by atoms with van der Waals surface area (Å²) >= 11 is 0. The van der Waals surface area contributed by atoms with Crippen LogP contribution >= 0.6 is 0 Å². The first-order chi connectivity index (χ1) is 9.19. The van der Waals surface area contributed by atoms with Gasteiger partial charge in [-0.05, 0) is 30.7 Å². The van der Waals surface area contributed by atoms with Crippen LogP contribution in [0.25, 0.3) is 0 Å². The van der Waals surface area contributed by atoms with Crippen molar-refractivity contribution < 1.29 is 5.11 Å². The van der Waals surface area contributed by atoms with Crippen LogP contribution in [0.3, 0.4) is 0 Å². The number of hydrogen-bond donors (Lipinski definition) is 1. The summed E-state index contributed by atoms with van der Waals surface area (Å²) in [7, 11) is 0. The van der Waals surface area contributed by atoms with Crippen LogP contribution in [0.1, 0.15) is 64.4 Å². The van der Waals surface area contributed by atoms with Gasteiger partial charge < -0.3 is 5.11 Å². The lowest BCUT2D eigenvalue weighted by Gasteiger charge is -2.36. The highest BCUT2D eigenvalue weighted by Gasteiger charge is 2.42. The van der Waals surface area contributed by atoms with Gasteiger partial charge in [-0.3, -0.25) is 0 Å². The Morgan fingerprint density at radius 1 is 1.16 bits per heavy atom. The van der Waals surface area contributed by atoms with Crippen molar-refractivity contribution >= 4 is 0 Å². The number of benzene rings is 1. The Balaban J connectivity index is 2.15. The topological polar surface area (TPSA) is 20.2 Å². The van der Waals surface area contributed by atoms with Crippen LogP contribution in [0.5, 0.6) is 0 Å². The van der Waals surface area contributed by atoms with Gasteiger partial charge >= 0.3 is 0 Å².